The van der Waals surface area contributed by atoms with Gasteiger partial charge >= 0.3 is 0 Å². The van der Waals surface area contributed by atoms with Crippen molar-refractivity contribution in [2.24, 2.45) is 0 Å². The summed E-state index contributed by atoms with van der Waals surface area (Å²) in [5.41, 5.74) is 14.0. The van der Waals surface area contributed by atoms with Crippen molar-refractivity contribution in [1.29, 1.82) is 0 Å². The molecule has 2 heteroatoms. The van der Waals surface area contributed by atoms with Crippen LogP contribution in [0.2, 0.25) is 0 Å². The van der Waals surface area contributed by atoms with Crippen molar-refractivity contribution in [1.82, 2.24) is 0 Å². The molecule has 264 valence electrons. The van der Waals surface area contributed by atoms with Crippen molar-refractivity contribution in [2.45, 2.75) is 19.6 Å². The first kappa shape index (κ1) is 32.6. The predicted octanol–water partition coefficient (Wildman–Crippen LogP) is 15.6. The lowest BCUT2D eigenvalue weighted by atomic mass is 9.80. The molecular weight excluding hydrogens is 697 g/mol. The molecule has 1 nitrogen and oxygen atoms in total. The van der Waals surface area contributed by atoms with Gasteiger partial charge in [0.25, 0.3) is 0 Å². The van der Waals surface area contributed by atoms with Gasteiger partial charge in [0.05, 0.1) is 0 Å². The molecule has 0 aliphatic heterocycles. The van der Waals surface area contributed by atoms with Gasteiger partial charge in [0.15, 0.2) is 0 Å². The smallest absolute Gasteiger partial charge is 0.148 e. The number of rotatable bonds is 5. The third kappa shape index (κ3) is 4.90. The molecule has 0 saturated carbocycles. The lowest BCUT2D eigenvalue weighted by Crippen LogP contribution is -2.05. The topological polar surface area (TPSA) is 13.1 Å². The fourth-order valence-electron chi connectivity index (χ4n) is 8.95. The minimum absolute atomic E-state index is 0.905. The minimum Gasteiger partial charge on any atom is -0.454 e. The van der Waals surface area contributed by atoms with E-state index in [4.69, 9.17) is 4.42 Å². The number of hydrogen-bond acceptors (Lipinski definition) is 1. The van der Waals surface area contributed by atoms with Gasteiger partial charge in [0, 0.05) is 35.9 Å². The summed E-state index contributed by atoms with van der Waals surface area (Å²) in [6.07, 6.45) is 0. The molecule has 10 aromatic rings. The van der Waals surface area contributed by atoms with E-state index in [1.807, 2.05) is 0 Å². The summed E-state index contributed by atoms with van der Waals surface area (Å²) in [6, 6.07) is 79.8. The molecule has 11 rings (SSSR count). The van der Waals surface area contributed by atoms with Crippen LogP contribution in [0.3, 0.4) is 0 Å². The first-order chi connectivity index (χ1) is 27.8. The molecule has 0 saturated heterocycles. The SMILES string of the molecule is c1ccc(S(c2ccccc2)(c2ccccc2)c2cccc3c2oc2c(-c4ccc5c(c4)-c4ccccc4-c4ccccc4-c4ccccc4-5)cccc23)cc1. The predicted molar refractivity (Wildman–Crippen MR) is 234 cm³/mol. The summed E-state index contributed by atoms with van der Waals surface area (Å²) < 4.78 is 7.32. The minimum atomic E-state index is -1.96. The van der Waals surface area contributed by atoms with Crippen molar-refractivity contribution in [3.63, 3.8) is 0 Å². The van der Waals surface area contributed by atoms with E-state index in [0.717, 1.165) is 33.1 Å². The van der Waals surface area contributed by atoms with Crippen LogP contribution in [0.25, 0.3) is 77.6 Å². The van der Waals surface area contributed by atoms with E-state index >= 15 is 0 Å². The van der Waals surface area contributed by atoms with Gasteiger partial charge in [0.1, 0.15) is 11.2 Å². The first-order valence-corrected chi connectivity index (χ1v) is 20.8. The second-order valence-electron chi connectivity index (χ2n) is 14.4. The Bertz CT molecular complexity index is 2970. The normalized spacial score (nSPS) is 12.2. The summed E-state index contributed by atoms with van der Waals surface area (Å²) in [4.78, 5) is 5.01. The summed E-state index contributed by atoms with van der Waals surface area (Å²) in [5.74, 6) is 0. The highest BCUT2D eigenvalue weighted by Crippen LogP contribution is 2.74. The van der Waals surface area contributed by atoms with E-state index in [-0.39, 0.29) is 0 Å². The number of para-hydroxylation sites is 2. The van der Waals surface area contributed by atoms with Crippen LogP contribution in [0.5, 0.6) is 0 Å². The van der Waals surface area contributed by atoms with Crippen LogP contribution < -0.4 is 0 Å². The van der Waals surface area contributed by atoms with E-state index < -0.39 is 10.0 Å². The number of hydrogen-bond donors (Lipinski definition) is 0. The van der Waals surface area contributed by atoms with Gasteiger partial charge in [-0.05, 0) is 98.6 Å². The molecule has 1 heterocycles. The molecule has 0 amide bonds. The average molecular weight is 733 g/mol. The van der Waals surface area contributed by atoms with Crippen LogP contribution in [0.15, 0.2) is 242 Å². The molecule has 0 spiro atoms. The lowest BCUT2D eigenvalue weighted by molar-refractivity contribution is 0.661. The van der Waals surface area contributed by atoms with Gasteiger partial charge in [-0.25, -0.2) is 0 Å². The molecule has 0 bridgehead atoms. The maximum atomic E-state index is 7.32. The van der Waals surface area contributed by atoms with Crippen LogP contribution in [-0.4, -0.2) is 0 Å². The van der Waals surface area contributed by atoms with Crippen molar-refractivity contribution < 1.29 is 4.42 Å². The largest absolute Gasteiger partial charge is 0.454 e. The summed E-state index contributed by atoms with van der Waals surface area (Å²) in [7, 11) is -1.96. The Hall–Kier alpha value is -6.87. The summed E-state index contributed by atoms with van der Waals surface area (Å²) >= 11 is 0. The molecule has 1 aromatic heterocycles. The van der Waals surface area contributed by atoms with Crippen LogP contribution in [0.4, 0.5) is 0 Å². The molecule has 56 heavy (non-hydrogen) atoms. The van der Waals surface area contributed by atoms with Crippen LogP contribution >= 0.6 is 10.0 Å². The molecular formula is C54H36OS. The molecule has 0 radical (unpaired) electrons. The maximum Gasteiger partial charge on any atom is 0.148 e. The van der Waals surface area contributed by atoms with Crippen molar-refractivity contribution in [3.05, 3.63) is 218 Å². The zero-order valence-corrected chi connectivity index (χ0v) is 31.4. The highest BCUT2D eigenvalue weighted by Gasteiger charge is 2.36. The third-order valence-corrected chi connectivity index (χ3v) is 15.3. The molecule has 0 N–H and O–H groups in total. The highest BCUT2D eigenvalue weighted by molar-refractivity contribution is 8.34. The molecule has 1 aliphatic rings. The van der Waals surface area contributed by atoms with Gasteiger partial charge < -0.3 is 4.42 Å². The van der Waals surface area contributed by atoms with Crippen LogP contribution in [0, 0.1) is 0 Å². The Morgan fingerprint density at radius 2 is 0.643 bits per heavy atom. The Balaban J connectivity index is 1.18. The van der Waals surface area contributed by atoms with E-state index in [0.29, 0.717) is 0 Å². The maximum absolute atomic E-state index is 7.32. The van der Waals surface area contributed by atoms with Crippen molar-refractivity contribution in [2.75, 3.05) is 0 Å². The third-order valence-electron chi connectivity index (χ3n) is 11.4. The number of benzene rings is 9. The Labute approximate surface area is 328 Å². The molecule has 0 fully saturated rings. The molecule has 1 aliphatic carbocycles. The van der Waals surface area contributed by atoms with E-state index in [2.05, 4.69) is 218 Å². The quantitative estimate of drug-likeness (QED) is 0.172. The highest BCUT2D eigenvalue weighted by atomic mass is 32.3. The molecule has 9 aromatic carbocycles. The fraction of sp³-hybridized carbons (Fsp3) is 0. The zero-order chi connectivity index (χ0) is 37.1. The Morgan fingerprint density at radius 1 is 0.268 bits per heavy atom. The zero-order valence-electron chi connectivity index (χ0n) is 30.6. The lowest BCUT2D eigenvalue weighted by Gasteiger charge is -2.41. The van der Waals surface area contributed by atoms with E-state index in [1.54, 1.807) is 0 Å². The van der Waals surface area contributed by atoms with Crippen molar-refractivity contribution >= 4 is 32.0 Å². The van der Waals surface area contributed by atoms with Gasteiger partial charge in [0.2, 0.25) is 0 Å². The fourth-order valence-corrected chi connectivity index (χ4v) is 12.9. The Morgan fingerprint density at radius 3 is 1.12 bits per heavy atom. The Kier molecular flexibility index (Phi) is 7.65. The van der Waals surface area contributed by atoms with E-state index in [1.165, 1.54) is 64.1 Å². The summed E-state index contributed by atoms with van der Waals surface area (Å²) in [5, 5.41) is 2.24. The second-order valence-corrected chi connectivity index (χ2v) is 17.4. The number of fused-ring (bicyclic) bond motifs is 11. The number of furan rings is 1. The van der Waals surface area contributed by atoms with Gasteiger partial charge in [-0.3, -0.25) is 0 Å². The summed E-state index contributed by atoms with van der Waals surface area (Å²) in [6.45, 7) is 0. The second kappa shape index (κ2) is 13.2. The van der Waals surface area contributed by atoms with Crippen LogP contribution in [-0.2, 0) is 0 Å². The van der Waals surface area contributed by atoms with Crippen LogP contribution in [0.1, 0.15) is 0 Å². The molecule has 0 unspecified atom stereocenters. The van der Waals surface area contributed by atoms with Gasteiger partial charge in [-0.15, -0.1) is 10.0 Å². The average Bonchev–Trinajstić information content (AvgIpc) is 3.67. The first-order valence-electron chi connectivity index (χ1n) is 19.2. The van der Waals surface area contributed by atoms with Gasteiger partial charge in [-0.1, -0.05) is 170 Å². The monoisotopic (exact) mass is 732 g/mol. The van der Waals surface area contributed by atoms with E-state index in [9.17, 15) is 0 Å². The van der Waals surface area contributed by atoms with Gasteiger partial charge in [-0.2, -0.15) is 0 Å². The standard InChI is InChI=1S/C54H36OS/c1-4-18-38(19-5-1)56(39-20-6-2-7-21-39,40-22-8-3-9-23-40)52-33-17-32-50-49-31-16-30-41(53(49)55-54(50)52)37-34-35-48-46-28-13-12-26-44(46)42-24-10-11-25-43(42)45-27-14-15-29-47(45)51(48)36-37/h1-36H. The van der Waals surface area contributed by atoms with Crippen molar-refractivity contribution in [3.8, 4) is 55.6 Å². The molecule has 0 atom stereocenters.